The molecular weight excluding hydrogens is 289 g/mol. The number of nitrogens with zero attached hydrogens (tertiary/aromatic N) is 2. The number of hydrogen-bond acceptors (Lipinski definition) is 3. The first-order valence-electron chi connectivity index (χ1n) is 7.22. The number of anilines is 1. The van der Waals surface area contributed by atoms with Crippen molar-refractivity contribution in [1.82, 2.24) is 9.97 Å². The third-order valence-corrected chi connectivity index (χ3v) is 4.15. The predicted molar refractivity (Wildman–Crippen MR) is 83.2 cm³/mol. The summed E-state index contributed by atoms with van der Waals surface area (Å²) in [6, 6.07) is 4.91. The number of fused-ring (bicyclic) bond motifs is 1. The molecule has 0 amide bonds. The lowest BCUT2D eigenvalue weighted by Gasteiger charge is -2.13. The van der Waals surface area contributed by atoms with Crippen LogP contribution in [0.15, 0.2) is 18.2 Å². The number of rotatable bonds is 2. The van der Waals surface area contributed by atoms with Crippen LogP contribution in [-0.2, 0) is 12.8 Å². The highest BCUT2D eigenvalue weighted by molar-refractivity contribution is 6.31. The Hall–Kier alpha value is -1.68. The minimum atomic E-state index is -0.463. The Morgan fingerprint density at radius 3 is 2.76 bits per heavy atom. The van der Waals surface area contributed by atoms with E-state index in [1.807, 2.05) is 7.05 Å². The van der Waals surface area contributed by atoms with Crippen LogP contribution in [0.3, 0.4) is 0 Å². The summed E-state index contributed by atoms with van der Waals surface area (Å²) in [7, 11) is 1.84. The smallest absolute Gasteiger partial charge is 0.164 e. The number of aryl methyl sites for hydroxylation is 1. The second-order valence-electron chi connectivity index (χ2n) is 5.23. The molecule has 1 aliphatic carbocycles. The fraction of sp³-hybridized carbons (Fsp3) is 0.375. The number of hydrogen-bond donors (Lipinski definition) is 1. The summed E-state index contributed by atoms with van der Waals surface area (Å²) in [6.45, 7) is 0. The van der Waals surface area contributed by atoms with Gasteiger partial charge in [0, 0.05) is 18.3 Å². The van der Waals surface area contributed by atoms with Crippen molar-refractivity contribution in [3.8, 4) is 11.4 Å². The van der Waals surface area contributed by atoms with E-state index in [4.69, 9.17) is 11.6 Å². The van der Waals surface area contributed by atoms with E-state index in [9.17, 15) is 4.39 Å². The monoisotopic (exact) mass is 305 g/mol. The Morgan fingerprint density at radius 2 is 1.95 bits per heavy atom. The first-order chi connectivity index (χ1) is 10.2. The van der Waals surface area contributed by atoms with E-state index >= 15 is 0 Å². The van der Waals surface area contributed by atoms with Crippen LogP contribution in [-0.4, -0.2) is 17.0 Å². The minimum Gasteiger partial charge on any atom is -0.373 e. The van der Waals surface area contributed by atoms with Crippen LogP contribution in [0.2, 0.25) is 5.02 Å². The molecular formula is C16H17ClFN3. The van der Waals surface area contributed by atoms with E-state index in [-0.39, 0.29) is 5.02 Å². The second kappa shape index (κ2) is 5.98. The maximum absolute atomic E-state index is 14.2. The zero-order valence-corrected chi connectivity index (χ0v) is 12.7. The van der Waals surface area contributed by atoms with Gasteiger partial charge in [-0.25, -0.2) is 14.4 Å². The average Bonchev–Trinajstić information content (AvgIpc) is 2.74. The van der Waals surface area contributed by atoms with Crippen molar-refractivity contribution < 1.29 is 4.39 Å². The molecule has 1 aliphatic rings. The van der Waals surface area contributed by atoms with Gasteiger partial charge in [-0.15, -0.1) is 0 Å². The highest BCUT2D eigenvalue weighted by Gasteiger charge is 2.19. The molecule has 0 spiro atoms. The summed E-state index contributed by atoms with van der Waals surface area (Å²) in [6.07, 6.45) is 5.35. The van der Waals surface area contributed by atoms with Gasteiger partial charge in [0.2, 0.25) is 0 Å². The first kappa shape index (κ1) is 14.3. The van der Waals surface area contributed by atoms with Gasteiger partial charge in [0.15, 0.2) is 11.6 Å². The Morgan fingerprint density at radius 1 is 1.14 bits per heavy atom. The molecule has 0 radical (unpaired) electrons. The van der Waals surface area contributed by atoms with Crippen molar-refractivity contribution in [3.05, 3.63) is 40.3 Å². The van der Waals surface area contributed by atoms with Crippen molar-refractivity contribution in [3.63, 3.8) is 0 Å². The van der Waals surface area contributed by atoms with Gasteiger partial charge in [-0.2, -0.15) is 0 Å². The standard InChI is InChI=1S/C16H17ClFN3/c1-19-15-10-6-3-2-4-9-13(10)20-16(21-15)11-7-5-8-12(17)14(11)18/h5,7-8H,2-4,6,9H2,1H3,(H,19,20,21). The zero-order valence-electron chi connectivity index (χ0n) is 11.9. The Labute approximate surface area is 128 Å². The number of halogens is 2. The molecule has 21 heavy (non-hydrogen) atoms. The molecule has 1 aromatic heterocycles. The van der Waals surface area contributed by atoms with Gasteiger partial charge in [-0.1, -0.05) is 24.1 Å². The lowest BCUT2D eigenvalue weighted by atomic mass is 10.1. The molecule has 0 atom stereocenters. The summed E-state index contributed by atoms with van der Waals surface area (Å²) < 4.78 is 14.2. The van der Waals surface area contributed by atoms with E-state index < -0.39 is 5.82 Å². The van der Waals surface area contributed by atoms with E-state index in [0.717, 1.165) is 37.2 Å². The van der Waals surface area contributed by atoms with Crippen molar-refractivity contribution in [2.45, 2.75) is 32.1 Å². The van der Waals surface area contributed by atoms with E-state index in [1.54, 1.807) is 12.1 Å². The molecule has 2 aromatic rings. The topological polar surface area (TPSA) is 37.8 Å². The van der Waals surface area contributed by atoms with E-state index in [0.29, 0.717) is 11.4 Å². The molecule has 3 nitrogen and oxygen atoms in total. The lowest BCUT2D eigenvalue weighted by Crippen LogP contribution is -2.07. The van der Waals surface area contributed by atoms with Gasteiger partial charge >= 0.3 is 0 Å². The van der Waals surface area contributed by atoms with Crippen molar-refractivity contribution in [2.75, 3.05) is 12.4 Å². The van der Waals surface area contributed by atoms with E-state index in [1.165, 1.54) is 18.1 Å². The number of nitrogens with one attached hydrogen (secondary N) is 1. The maximum atomic E-state index is 14.2. The second-order valence-corrected chi connectivity index (χ2v) is 5.64. The number of aromatic nitrogens is 2. The van der Waals surface area contributed by atoms with Gasteiger partial charge in [0.25, 0.3) is 0 Å². The molecule has 0 saturated heterocycles. The predicted octanol–water partition coefficient (Wildman–Crippen LogP) is 4.25. The Balaban J connectivity index is 2.16. The third kappa shape index (κ3) is 2.72. The third-order valence-electron chi connectivity index (χ3n) is 3.86. The quantitative estimate of drug-likeness (QED) is 0.843. The van der Waals surface area contributed by atoms with Gasteiger partial charge in [-0.05, 0) is 37.8 Å². The molecule has 110 valence electrons. The molecule has 0 aliphatic heterocycles. The normalized spacial score (nSPS) is 14.4. The number of benzene rings is 1. The first-order valence-corrected chi connectivity index (χ1v) is 7.60. The largest absolute Gasteiger partial charge is 0.373 e. The molecule has 0 fully saturated rings. The molecule has 1 aromatic carbocycles. The zero-order chi connectivity index (χ0) is 14.8. The SMILES string of the molecule is CNc1nc(-c2cccc(Cl)c2F)nc2c1CCCCC2. The summed E-state index contributed by atoms with van der Waals surface area (Å²) in [5.41, 5.74) is 2.55. The van der Waals surface area contributed by atoms with Crippen LogP contribution in [0.4, 0.5) is 10.2 Å². The van der Waals surface area contributed by atoms with Crippen molar-refractivity contribution in [2.24, 2.45) is 0 Å². The lowest BCUT2D eigenvalue weighted by molar-refractivity contribution is 0.630. The van der Waals surface area contributed by atoms with Gasteiger partial charge < -0.3 is 5.32 Å². The molecule has 0 bridgehead atoms. The highest BCUT2D eigenvalue weighted by Crippen LogP contribution is 2.30. The van der Waals surface area contributed by atoms with Crippen LogP contribution in [0.5, 0.6) is 0 Å². The highest BCUT2D eigenvalue weighted by atomic mass is 35.5. The Bertz CT molecular complexity index is 673. The molecule has 0 unspecified atom stereocenters. The fourth-order valence-electron chi connectivity index (χ4n) is 2.77. The fourth-order valence-corrected chi connectivity index (χ4v) is 2.95. The molecule has 5 heteroatoms. The summed E-state index contributed by atoms with van der Waals surface area (Å²) in [5.74, 6) is 0.742. The van der Waals surface area contributed by atoms with Crippen LogP contribution < -0.4 is 5.32 Å². The van der Waals surface area contributed by atoms with Crippen LogP contribution in [0, 0.1) is 5.82 Å². The van der Waals surface area contributed by atoms with Crippen LogP contribution in [0.25, 0.3) is 11.4 Å². The van der Waals surface area contributed by atoms with E-state index in [2.05, 4.69) is 15.3 Å². The average molecular weight is 306 g/mol. The molecule has 1 N–H and O–H groups in total. The van der Waals surface area contributed by atoms with Crippen LogP contribution in [0.1, 0.15) is 30.5 Å². The van der Waals surface area contributed by atoms with Crippen LogP contribution >= 0.6 is 11.6 Å². The molecule has 1 heterocycles. The minimum absolute atomic E-state index is 0.0945. The summed E-state index contributed by atoms with van der Waals surface area (Å²) in [5, 5.41) is 3.22. The van der Waals surface area contributed by atoms with Gasteiger partial charge in [0.05, 0.1) is 10.6 Å². The van der Waals surface area contributed by atoms with Crippen molar-refractivity contribution in [1.29, 1.82) is 0 Å². The van der Waals surface area contributed by atoms with Crippen molar-refractivity contribution >= 4 is 17.4 Å². The summed E-state index contributed by atoms with van der Waals surface area (Å²) in [4.78, 5) is 9.10. The summed E-state index contributed by atoms with van der Waals surface area (Å²) >= 11 is 5.86. The van der Waals surface area contributed by atoms with Gasteiger partial charge in [0.1, 0.15) is 5.82 Å². The Kier molecular flexibility index (Phi) is 4.06. The molecule has 3 rings (SSSR count). The maximum Gasteiger partial charge on any atom is 0.164 e. The molecule has 0 saturated carbocycles. The van der Waals surface area contributed by atoms with Gasteiger partial charge in [-0.3, -0.25) is 0 Å².